The lowest BCUT2D eigenvalue weighted by Crippen LogP contribution is -2.33. The first-order valence-electron chi connectivity index (χ1n) is 8.58. The van der Waals surface area contributed by atoms with Gasteiger partial charge in [0.15, 0.2) is 11.7 Å². The standard InChI is InChI=1S/C20H21N5O2.HI/c21-20(23-12-10-16-4-1-2-11-22-16)24-14-15-6-8-17(9-7-15)25-19(26)18-5-3-13-27-18;/h1-9,11,13H,10,12,14H2,(H,25,26)(H3,21,23,24);1H. The van der Waals surface area contributed by atoms with Crippen LogP contribution in [0.3, 0.4) is 0 Å². The van der Waals surface area contributed by atoms with Gasteiger partial charge in [0.25, 0.3) is 5.91 Å². The Hall–Kier alpha value is -2.88. The quantitative estimate of drug-likeness (QED) is 0.268. The van der Waals surface area contributed by atoms with Gasteiger partial charge in [-0.2, -0.15) is 0 Å². The third-order valence-electron chi connectivity index (χ3n) is 3.80. The van der Waals surface area contributed by atoms with Crippen molar-refractivity contribution in [1.82, 2.24) is 10.3 Å². The average Bonchev–Trinajstić information content (AvgIpc) is 3.23. The zero-order chi connectivity index (χ0) is 18.9. The number of hydrogen-bond acceptors (Lipinski definition) is 4. The summed E-state index contributed by atoms with van der Waals surface area (Å²) in [6, 6.07) is 16.5. The van der Waals surface area contributed by atoms with Crippen LogP contribution in [0, 0.1) is 0 Å². The smallest absolute Gasteiger partial charge is 0.291 e. The first-order valence-corrected chi connectivity index (χ1v) is 8.58. The number of nitrogens with one attached hydrogen (secondary N) is 2. The number of benzene rings is 1. The van der Waals surface area contributed by atoms with E-state index >= 15 is 0 Å². The number of pyridine rings is 1. The molecule has 0 bridgehead atoms. The average molecular weight is 491 g/mol. The predicted molar refractivity (Wildman–Crippen MR) is 120 cm³/mol. The Morgan fingerprint density at radius 1 is 1.11 bits per heavy atom. The topological polar surface area (TPSA) is 106 Å². The van der Waals surface area contributed by atoms with Gasteiger partial charge in [-0.3, -0.25) is 9.78 Å². The summed E-state index contributed by atoms with van der Waals surface area (Å²) in [5.41, 5.74) is 8.56. The molecule has 0 radical (unpaired) electrons. The molecule has 4 N–H and O–H groups in total. The van der Waals surface area contributed by atoms with Crippen LogP contribution in [-0.4, -0.2) is 23.4 Å². The largest absolute Gasteiger partial charge is 0.459 e. The minimum Gasteiger partial charge on any atom is -0.459 e. The molecule has 2 heterocycles. The maximum atomic E-state index is 11.9. The van der Waals surface area contributed by atoms with Crippen molar-refractivity contribution in [2.24, 2.45) is 10.7 Å². The first kappa shape index (κ1) is 21.4. The van der Waals surface area contributed by atoms with E-state index in [0.29, 0.717) is 24.7 Å². The number of rotatable bonds is 7. The van der Waals surface area contributed by atoms with E-state index in [4.69, 9.17) is 10.2 Å². The van der Waals surface area contributed by atoms with Gasteiger partial charge >= 0.3 is 0 Å². The fourth-order valence-electron chi connectivity index (χ4n) is 2.39. The molecular weight excluding hydrogens is 469 g/mol. The summed E-state index contributed by atoms with van der Waals surface area (Å²) in [5, 5.41) is 5.84. The third kappa shape index (κ3) is 6.69. The lowest BCUT2D eigenvalue weighted by Gasteiger charge is -2.06. The summed E-state index contributed by atoms with van der Waals surface area (Å²) < 4.78 is 5.06. The van der Waals surface area contributed by atoms with E-state index in [0.717, 1.165) is 17.7 Å². The second-order valence-corrected chi connectivity index (χ2v) is 5.83. The van der Waals surface area contributed by atoms with E-state index in [1.165, 1.54) is 6.26 Å². The van der Waals surface area contributed by atoms with E-state index in [2.05, 4.69) is 20.6 Å². The molecule has 0 aliphatic heterocycles. The summed E-state index contributed by atoms with van der Waals surface area (Å²) >= 11 is 0. The summed E-state index contributed by atoms with van der Waals surface area (Å²) in [5.74, 6) is 0.376. The van der Waals surface area contributed by atoms with Crippen LogP contribution in [0.25, 0.3) is 0 Å². The molecule has 146 valence electrons. The van der Waals surface area contributed by atoms with E-state index in [1.54, 1.807) is 18.3 Å². The Morgan fingerprint density at radius 3 is 2.61 bits per heavy atom. The fourth-order valence-corrected chi connectivity index (χ4v) is 2.39. The molecule has 8 heteroatoms. The van der Waals surface area contributed by atoms with Gasteiger partial charge in [0.1, 0.15) is 0 Å². The molecule has 1 amide bonds. The third-order valence-corrected chi connectivity index (χ3v) is 3.80. The van der Waals surface area contributed by atoms with Gasteiger partial charge in [0.05, 0.1) is 12.8 Å². The number of halogens is 1. The number of aliphatic imine (C=N–C) groups is 1. The Morgan fingerprint density at radius 2 is 1.93 bits per heavy atom. The normalized spacial score (nSPS) is 10.8. The van der Waals surface area contributed by atoms with Crippen LogP contribution in [0.15, 0.2) is 76.5 Å². The maximum Gasteiger partial charge on any atom is 0.291 e. The minimum absolute atomic E-state index is 0. The number of nitrogens with two attached hydrogens (primary N) is 1. The number of guanidine groups is 1. The zero-order valence-corrected chi connectivity index (χ0v) is 17.5. The SMILES string of the molecule is I.NC(=NCc1ccc(NC(=O)c2ccco2)cc1)NCCc1ccccn1. The summed E-state index contributed by atoms with van der Waals surface area (Å²) in [6.07, 6.45) is 4.01. The monoisotopic (exact) mass is 491 g/mol. The molecule has 0 spiro atoms. The Balaban J connectivity index is 0.00000280. The summed E-state index contributed by atoms with van der Waals surface area (Å²) in [7, 11) is 0. The molecule has 7 nitrogen and oxygen atoms in total. The van der Waals surface area contributed by atoms with Crippen LogP contribution in [0.5, 0.6) is 0 Å². The van der Waals surface area contributed by atoms with Crippen LogP contribution in [0.1, 0.15) is 21.8 Å². The number of nitrogens with zero attached hydrogens (tertiary/aromatic N) is 2. The van der Waals surface area contributed by atoms with Crippen molar-refractivity contribution in [3.05, 3.63) is 84.1 Å². The van der Waals surface area contributed by atoms with E-state index in [9.17, 15) is 4.79 Å². The molecule has 0 atom stereocenters. The summed E-state index contributed by atoms with van der Waals surface area (Å²) in [4.78, 5) is 20.5. The molecule has 1 aromatic carbocycles. The minimum atomic E-state index is -0.285. The van der Waals surface area contributed by atoms with Gasteiger partial charge in [-0.15, -0.1) is 24.0 Å². The van der Waals surface area contributed by atoms with Crippen LogP contribution in [0.4, 0.5) is 5.69 Å². The van der Waals surface area contributed by atoms with E-state index in [-0.39, 0.29) is 35.6 Å². The van der Waals surface area contributed by atoms with Crippen molar-refractivity contribution >= 4 is 41.5 Å². The highest BCUT2D eigenvalue weighted by atomic mass is 127. The van der Waals surface area contributed by atoms with Crippen molar-refractivity contribution in [2.45, 2.75) is 13.0 Å². The molecule has 0 saturated heterocycles. The van der Waals surface area contributed by atoms with Crippen LogP contribution in [-0.2, 0) is 13.0 Å². The number of carbonyl (C=O) groups excluding carboxylic acids is 1. The predicted octanol–water partition coefficient (Wildman–Crippen LogP) is 3.19. The van der Waals surface area contributed by atoms with Crippen LogP contribution in [0.2, 0.25) is 0 Å². The molecule has 0 saturated carbocycles. The van der Waals surface area contributed by atoms with Gasteiger partial charge in [-0.05, 0) is 42.0 Å². The molecule has 3 aromatic rings. The molecule has 0 aliphatic rings. The number of carbonyl (C=O) groups is 1. The molecule has 2 aromatic heterocycles. The zero-order valence-electron chi connectivity index (χ0n) is 15.2. The number of amides is 1. The second-order valence-electron chi connectivity index (χ2n) is 5.83. The highest BCUT2D eigenvalue weighted by Crippen LogP contribution is 2.12. The first-order chi connectivity index (χ1) is 13.2. The van der Waals surface area contributed by atoms with Crippen molar-refractivity contribution in [3.8, 4) is 0 Å². The number of anilines is 1. The summed E-state index contributed by atoms with van der Waals surface area (Å²) in [6.45, 7) is 1.12. The highest BCUT2D eigenvalue weighted by molar-refractivity contribution is 14.0. The van der Waals surface area contributed by atoms with Gasteiger partial charge in [0.2, 0.25) is 0 Å². The van der Waals surface area contributed by atoms with Crippen molar-refractivity contribution < 1.29 is 9.21 Å². The van der Waals surface area contributed by atoms with Gasteiger partial charge < -0.3 is 20.8 Å². The molecule has 0 fully saturated rings. The Labute approximate surface area is 180 Å². The van der Waals surface area contributed by atoms with Gasteiger partial charge in [0, 0.05) is 30.5 Å². The maximum absolute atomic E-state index is 11.9. The van der Waals surface area contributed by atoms with Crippen molar-refractivity contribution in [1.29, 1.82) is 0 Å². The molecule has 28 heavy (non-hydrogen) atoms. The highest BCUT2D eigenvalue weighted by Gasteiger charge is 2.08. The molecule has 0 aliphatic carbocycles. The number of aromatic nitrogens is 1. The van der Waals surface area contributed by atoms with Crippen LogP contribution < -0.4 is 16.4 Å². The van der Waals surface area contributed by atoms with Crippen molar-refractivity contribution in [3.63, 3.8) is 0 Å². The Kier molecular flexibility index (Phi) is 8.47. The number of hydrogen-bond donors (Lipinski definition) is 3. The Bertz CT molecular complexity index is 881. The fraction of sp³-hybridized carbons (Fsp3) is 0.150. The van der Waals surface area contributed by atoms with Gasteiger partial charge in [-0.1, -0.05) is 18.2 Å². The van der Waals surface area contributed by atoms with Crippen LogP contribution >= 0.6 is 24.0 Å². The number of furan rings is 1. The lowest BCUT2D eigenvalue weighted by atomic mass is 10.2. The van der Waals surface area contributed by atoms with E-state index < -0.39 is 0 Å². The second kappa shape index (κ2) is 11.1. The molecule has 0 unspecified atom stereocenters. The lowest BCUT2D eigenvalue weighted by molar-refractivity contribution is 0.0996. The molecular formula is C20H22IN5O2. The molecule has 3 rings (SSSR count). The van der Waals surface area contributed by atoms with Crippen molar-refractivity contribution in [2.75, 3.05) is 11.9 Å². The van der Waals surface area contributed by atoms with Gasteiger partial charge in [-0.25, -0.2) is 4.99 Å². The van der Waals surface area contributed by atoms with E-state index in [1.807, 2.05) is 42.5 Å².